The van der Waals surface area contributed by atoms with Gasteiger partial charge in [-0.3, -0.25) is 4.90 Å². The lowest BCUT2D eigenvalue weighted by Gasteiger charge is -2.42. The topological polar surface area (TPSA) is 86.9 Å². The number of thiophene rings is 1. The van der Waals surface area contributed by atoms with Crippen LogP contribution in [0.1, 0.15) is 40.9 Å². The third-order valence-electron chi connectivity index (χ3n) is 6.29. The summed E-state index contributed by atoms with van der Waals surface area (Å²) >= 11 is 7.34. The number of nitrogens with two attached hydrogens (primary N) is 1. The van der Waals surface area contributed by atoms with Crippen LogP contribution < -0.4 is 10.6 Å². The first-order valence-corrected chi connectivity index (χ1v) is 11.0. The van der Waals surface area contributed by atoms with E-state index < -0.39 is 5.97 Å². The Morgan fingerprint density at radius 1 is 1.23 bits per heavy atom. The molecule has 4 rings (SSSR count). The molecular weight excluding hydrogens is 445 g/mol. The fourth-order valence-electron chi connectivity index (χ4n) is 4.58. The van der Waals surface area contributed by atoms with Crippen LogP contribution in [-0.4, -0.2) is 47.7 Å². The Bertz CT molecular complexity index is 928. The van der Waals surface area contributed by atoms with Gasteiger partial charge in [0.15, 0.2) is 0 Å². The molecule has 2 fully saturated rings. The molecule has 1 saturated heterocycles. The summed E-state index contributed by atoms with van der Waals surface area (Å²) in [5, 5.41) is 10.5. The Kier molecular flexibility index (Phi) is 6.97. The minimum atomic E-state index is -0.962. The average Bonchev–Trinajstić information content (AvgIpc) is 3.35. The molecular formula is C21H25Cl2N3O3S. The second kappa shape index (κ2) is 9.14. The maximum absolute atomic E-state index is 13.0. The van der Waals surface area contributed by atoms with E-state index in [4.69, 9.17) is 22.4 Å². The monoisotopic (exact) mass is 469 g/mol. The van der Waals surface area contributed by atoms with Crippen LogP contribution in [0.3, 0.4) is 0 Å². The van der Waals surface area contributed by atoms with E-state index in [2.05, 4.69) is 6.07 Å². The lowest BCUT2D eigenvalue weighted by molar-refractivity contribution is 0.0702. The third-order valence-corrected chi connectivity index (χ3v) is 7.62. The summed E-state index contributed by atoms with van der Waals surface area (Å²) < 4.78 is 0. The van der Waals surface area contributed by atoms with E-state index in [1.807, 2.05) is 23.1 Å². The Labute approximate surface area is 191 Å². The molecule has 2 aliphatic rings. The number of halogens is 2. The molecule has 0 bridgehead atoms. The van der Waals surface area contributed by atoms with Gasteiger partial charge in [-0.15, -0.1) is 23.7 Å². The quantitative estimate of drug-likeness (QED) is 0.669. The van der Waals surface area contributed by atoms with Crippen LogP contribution in [0, 0.1) is 0 Å². The van der Waals surface area contributed by atoms with E-state index in [1.54, 1.807) is 17.0 Å². The van der Waals surface area contributed by atoms with Gasteiger partial charge in [-0.05, 0) is 55.5 Å². The van der Waals surface area contributed by atoms with Crippen molar-refractivity contribution in [2.45, 2.75) is 37.1 Å². The molecule has 1 aliphatic carbocycles. The molecule has 1 aromatic carbocycles. The summed E-state index contributed by atoms with van der Waals surface area (Å²) in [5.74, 6) is -0.962. The maximum atomic E-state index is 13.0. The number of hydrogen-bond donors (Lipinski definition) is 2. The zero-order chi connectivity index (χ0) is 20.6. The van der Waals surface area contributed by atoms with E-state index in [1.165, 1.54) is 5.56 Å². The largest absolute Gasteiger partial charge is 0.477 e. The highest BCUT2D eigenvalue weighted by Crippen LogP contribution is 2.42. The number of benzene rings is 1. The second-order valence-corrected chi connectivity index (χ2v) is 9.30. The molecule has 1 aliphatic heterocycles. The summed E-state index contributed by atoms with van der Waals surface area (Å²) in [6.07, 6.45) is 3.63. The number of carbonyl (C=O) groups excluding carboxylic acids is 1. The number of carboxylic acids is 1. The van der Waals surface area contributed by atoms with Gasteiger partial charge in [0.2, 0.25) is 0 Å². The Morgan fingerprint density at radius 3 is 2.57 bits per heavy atom. The van der Waals surface area contributed by atoms with E-state index in [0.717, 1.165) is 42.0 Å². The molecule has 6 nitrogen and oxygen atoms in total. The molecule has 30 heavy (non-hydrogen) atoms. The highest BCUT2D eigenvalue weighted by atomic mass is 35.5. The Hall–Kier alpha value is -1.80. The highest BCUT2D eigenvalue weighted by molar-refractivity contribution is 7.18. The van der Waals surface area contributed by atoms with E-state index in [-0.39, 0.29) is 34.8 Å². The van der Waals surface area contributed by atoms with Crippen molar-refractivity contribution in [1.82, 2.24) is 4.90 Å². The SMILES string of the molecule is Cl.NCC1(c2cccc(Cl)c2)CCC(N2CCN(c3ccc(C(=O)O)s3)C2=O)CC1. The van der Waals surface area contributed by atoms with Crippen molar-refractivity contribution in [1.29, 1.82) is 0 Å². The van der Waals surface area contributed by atoms with E-state index in [9.17, 15) is 9.59 Å². The summed E-state index contributed by atoms with van der Waals surface area (Å²) in [7, 11) is 0. The number of rotatable bonds is 5. The number of carbonyl (C=O) groups is 2. The normalized spacial score (nSPS) is 24.1. The molecule has 0 atom stereocenters. The van der Waals surface area contributed by atoms with Crippen molar-refractivity contribution < 1.29 is 14.7 Å². The first-order valence-electron chi connectivity index (χ1n) is 9.81. The fourth-order valence-corrected chi connectivity index (χ4v) is 5.64. The molecule has 9 heteroatoms. The summed E-state index contributed by atoms with van der Waals surface area (Å²) in [6.45, 7) is 1.81. The molecule has 1 saturated carbocycles. The zero-order valence-electron chi connectivity index (χ0n) is 16.4. The number of nitrogens with zero attached hydrogens (tertiary/aromatic N) is 2. The Morgan fingerprint density at radius 2 is 1.97 bits per heavy atom. The minimum Gasteiger partial charge on any atom is -0.477 e. The number of aromatic carboxylic acids is 1. The molecule has 162 valence electrons. The van der Waals surface area contributed by atoms with Gasteiger partial charge in [-0.2, -0.15) is 0 Å². The van der Waals surface area contributed by atoms with Crippen molar-refractivity contribution in [3.63, 3.8) is 0 Å². The number of urea groups is 1. The number of hydrogen-bond acceptors (Lipinski definition) is 4. The van der Waals surface area contributed by atoms with E-state index >= 15 is 0 Å². The van der Waals surface area contributed by atoms with Gasteiger partial charge in [0.05, 0.1) is 5.00 Å². The van der Waals surface area contributed by atoms with Gasteiger partial charge in [0.1, 0.15) is 4.88 Å². The van der Waals surface area contributed by atoms with Crippen molar-refractivity contribution in [2.24, 2.45) is 5.73 Å². The first-order chi connectivity index (χ1) is 13.9. The van der Waals surface area contributed by atoms with Crippen molar-refractivity contribution in [3.8, 4) is 0 Å². The number of amides is 2. The summed E-state index contributed by atoms with van der Waals surface area (Å²) in [6, 6.07) is 11.4. The minimum absolute atomic E-state index is 0. The van der Waals surface area contributed by atoms with Gasteiger partial charge >= 0.3 is 12.0 Å². The predicted molar refractivity (Wildman–Crippen MR) is 122 cm³/mol. The van der Waals surface area contributed by atoms with Crippen LogP contribution >= 0.6 is 35.3 Å². The van der Waals surface area contributed by atoms with Crippen LogP contribution in [-0.2, 0) is 5.41 Å². The fraction of sp³-hybridized carbons (Fsp3) is 0.429. The van der Waals surface area contributed by atoms with Gasteiger partial charge in [0, 0.05) is 36.1 Å². The van der Waals surface area contributed by atoms with Crippen molar-refractivity contribution in [3.05, 3.63) is 51.9 Å². The van der Waals surface area contributed by atoms with Crippen LogP contribution in [0.4, 0.5) is 9.80 Å². The maximum Gasteiger partial charge on any atom is 0.345 e. The number of carboxylic acid groups (broad SMARTS) is 1. The van der Waals surface area contributed by atoms with Crippen LogP contribution in [0.2, 0.25) is 5.02 Å². The smallest absolute Gasteiger partial charge is 0.345 e. The van der Waals surface area contributed by atoms with Gasteiger partial charge in [0.25, 0.3) is 0 Å². The molecule has 2 heterocycles. The molecule has 0 unspecified atom stereocenters. The number of anilines is 1. The molecule has 1 aromatic heterocycles. The van der Waals surface area contributed by atoms with E-state index in [0.29, 0.717) is 24.6 Å². The molecule has 0 radical (unpaired) electrons. The predicted octanol–water partition coefficient (Wildman–Crippen LogP) is 4.60. The third kappa shape index (κ3) is 4.17. The molecule has 2 aromatic rings. The zero-order valence-corrected chi connectivity index (χ0v) is 18.8. The van der Waals surface area contributed by atoms with Crippen molar-refractivity contribution in [2.75, 3.05) is 24.5 Å². The lowest BCUT2D eigenvalue weighted by Crippen LogP contribution is -2.46. The summed E-state index contributed by atoms with van der Waals surface area (Å²) in [5.41, 5.74) is 7.28. The highest BCUT2D eigenvalue weighted by Gasteiger charge is 2.41. The van der Waals surface area contributed by atoms with Gasteiger partial charge in [-0.25, -0.2) is 9.59 Å². The molecule has 3 N–H and O–H groups in total. The average molecular weight is 470 g/mol. The summed E-state index contributed by atoms with van der Waals surface area (Å²) in [4.78, 5) is 28.0. The Balaban J connectivity index is 0.00000256. The van der Waals surface area contributed by atoms with Crippen LogP contribution in [0.25, 0.3) is 0 Å². The van der Waals surface area contributed by atoms with Gasteiger partial charge in [-0.1, -0.05) is 23.7 Å². The van der Waals surface area contributed by atoms with Crippen molar-refractivity contribution >= 4 is 52.3 Å². The first kappa shape index (κ1) is 22.9. The van der Waals surface area contributed by atoms with Crippen LogP contribution in [0.15, 0.2) is 36.4 Å². The lowest BCUT2D eigenvalue weighted by atomic mass is 9.68. The second-order valence-electron chi connectivity index (χ2n) is 7.80. The van der Waals surface area contributed by atoms with Gasteiger partial charge < -0.3 is 15.7 Å². The standard InChI is InChI=1S/C21H24ClN3O3S.ClH/c22-15-3-1-2-14(12-15)21(13-23)8-6-16(7-9-21)24-10-11-25(20(24)28)18-5-4-17(29-18)19(26)27;/h1-5,12,16H,6-11,13,23H2,(H,26,27);1H. The molecule has 2 amide bonds. The molecule has 0 spiro atoms. The van der Waals surface area contributed by atoms with Crippen LogP contribution in [0.5, 0.6) is 0 Å².